The predicted octanol–water partition coefficient (Wildman–Crippen LogP) is 0.732. The number of aliphatic hydroxyl groups excluding tert-OH is 1. The number of hydrogen-bond acceptors (Lipinski definition) is 8. The Kier molecular flexibility index (Phi) is 6.79. The standard InChI is InChI=1S/C18H21N3O6S/c22-9-12-28-16-15(13-1-3-14(4-2-13)21(25)26)17(23)20(18(16)24)6-5-19-7-10-27-11-8-19/h1-4,22H,5-12H2. The van der Waals surface area contributed by atoms with Crippen LogP contribution in [0.4, 0.5) is 5.69 Å². The van der Waals surface area contributed by atoms with Crippen LogP contribution in [-0.4, -0.2) is 83.4 Å². The highest BCUT2D eigenvalue weighted by Crippen LogP contribution is 2.36. The molecule has 0 radical (unpaired) electrons. The molecule has 0 aromatic heterocycles. The highest BCUT2D eigenvalue weighted by molar-refractivity contribution is 8.04. The second kappa shape index (κ2) is 9.28. The zero-order valence-electron chi connectivity index (χ0n) is 15.2. The van der Waals surface area contributed by atoms with Crippen molar-refractivity contribution in [2.45, 2.75) is 0 Å². The van der Waals surface area contributed by atoms with Crippen molar-refractivity contribution in [1.82, 2.24) is 9.80 Å². The second-order valence-electron chi connectivity index (χ2n) is 6.30. The van der Waals surface area contributed by atoms with Crippen molar-refractivity contribution in [1.29, 1.82) is 0 Å². The number of nitro benzene ring substituents is 1. The van der Waals surface area contributed by atoms with Gasteiger partial charge in [-0.1, -0.05) is 0 Å². The zero-order valence-corrected chi connectivity index (χ0v) is 16.0. The van der Waals surface area contributed by atoms with Crippen LogP contribution in [0.5, 0.6) is 0 Å². The van der Waals surface area contributed by atoms with E-state index in [9.17, 15) is 19.7 Å². The number of imide groups is 1. The second-order valence-corrected chi connectivity index (χ2v) is 7.40. The highest BCUT2D eigenvalue weighted by Gasteiger charge is 2.39. The molecule has 1 fully saturated rings. The van der Waals surface area contributed by atoms with E-state index in [0.29, 0.717) is 25.3 Å². The van der Waals surface area contributed by atoms with Gasteiger partial charge in [0.2, 0.25) is 0 Å². The van der Waals surface area contributed by atoms with Gasteiger partial charge in [-0.15, -0.1) is 11.8 Å². The number of aliphatic hydroxyl groups is 1. The van der Waals surface area contributed by atoms with E-state index < -0.39 is 10.8 Å². The van der Waals surface area contributed by atoms with E-state index in [0.717, 1.165) is 24.9 Å². The van der Waals surface area contributed by atoms with Gasteiger partial charge < -0.3 is 9.84 Å². The van der Waals surface area contributed by atoms with Crippen LogP contribution in [0.15, 0.2) is 29.2 Å². The minimum Gasteiger partial charge on any atom is -0.396 e. The molecule has 150 valence electrons. The SMILES string of the molecule is O=C1C(SCCO)=C(c2ccc([N+](=O)[O-])cc2)C(=O)N1CCN1CCOCC1. The van der Waals surface area contributed by atoms with E-state index in [1.54, 1.807) is 0 Å². The van der Waals surface area contributed by atoms with Crippen LogP contribution in [0.1, 0.15) is 5.56 Å². The highest BCUT2D eigenvalue weighted by atomic mass is 32.2. The molecular weight excluding hydrogens is 386 g/mol. The van der Waals surface area contributed by atoms with Crippen molar-refractivity contribution in [2.24, 2.45) is 0 Å². The van der Waals surface area contributed by atoms with E-state index in [1.165, 1.54) is 29.2 Å². The van der Waals surface area contributed by atoms with Crippen LogP contribution >= 0.6 is 11.8 Å². The monoisotopic (exact) mass is 407 g/mol. The number of nitrogens with zero attached hydrogens (tertiary/aromatic N) is 3. The zero-order chi connectivity index (χ0) is 20.1. The van der Waals surface area contributed by atoms with E-state index in [-0.39, 0.29) is 41.0 Å². The molecule has 2 aliphatic heterocycles. The minimum absolute atomic E-state index is 0.0881. The maximum Gasteiger partial charge on any atom is 0.269 e. The molecule has 1 saturated heterocycles. The van der Waals surface area contributed by atoms with Crippen LogP contribution in [0, 0.1) is 10.1 Å². The minimum atomic E-state index is -0.518. The van der Waals surface area contributed by atoms with Gasteiger partial charge >= 0.3 is 0 Å². The number of non-ortho nitro benzene ring substituents is 1. The lowest BCUT2D eigenvalue weighted by Gasteiger charge is -2.28. The molecule has 10 heteroatoms. The van der Waals surface area contributed by atoms with Gasteiger partial charge in [0.25, 0.3) is 17.5 Å². The van der Waals surface area contributed by atoms with Crippen molar-refractivity contribution in [2.75, 3.05) is 51.8 Å². The fourth-order valence-electron chi connectivity index (χ4n) is 3.11. The maximum absolute atomic E-state index is 13.0. The Balaban J connectivity index is 1.81. The molecule has 2 heterocycles. The summed E-state index contributed by atoms with van der Waals surface area (Å²) in [5.41, 5.74) is 0.605. The van der Waals surface area contributed by atoms with Gasteiger partial charge in [0.05, 0.1) is 35.2 Å². The summed E-state index contributed by atoms with van der Waals surface area (Å²) in [4.78, 5) is 39.8. The summed E-state index contributed by atoms with van der Waals surface area (Å²) in [6.07, 6.45) is 0. The molecule has 0 unspecified atom stereocenters. The van der Waals surface area contributed by atoms with Gasteiger partial charge in [-0.2, -0.15) is 0 Å². The largest absolute Gasteiger partial charge is 0.396 e. The van der Waals surface area contributed by atoms with E-state index in [1.807, 2.05) is 0 Å². The van der Waals surface area contributed by atoms with Crippen molar-refractivity contribution in [3.05, 3.63) is 44.8 Å². The maximum atomic E-state index is 13.0. The third-order valence-corrected chi connectivity index (χ3v) is 5.63. The molecule has 3 rings (SSSR count). The number of carbonyl (C=O) groups excluding carboxylic acids is 2. The number of amides is 2. The van der Waals surface area contributed by atoms with Crippen LogP contribution in [-0.2, 0) is 14.3 Å². The first-order chi connectivity index (χ1) is 13.5. The third-order valence-electron chi connectivity index (χ3n) is 4.57. The van der Waals surface area contributed by atoms with Gasteiger partial charge in [-0.25, -0.2) is 0 Å². The lowest BCUT2D eigenvalue weighted by atomic mass is 10.1. The Bertz CT molecular complexity index is 789. The normalized spacial score (nSPS) is 18.2. The summed E-state index contributed by atoms with van der Waals surface area (Å²) >= 11 is 1.12. The molecule has 0 bridgehead atoms. The number of thioether (sulfide) groups is 1. The molecule has 28 heavy (non-hydrogen) atoms. The van der Waals surface area contributed by atoms with Crippen LogP contribution in [0.2, 0.25) is 0 Å². The van der Waals surface area contributed by atoms with Crippen LogP contribution in [0.3, 0.4) is 0 Å². The first-order valence-electron chi connectivity index (χ1n) is 8.92. The number of carbonyl (C=O) groups is 2. The predicted molar refractivity (Wildman–Crippen MR) is 104 cm³/mol. The molecular formula is C18H21N3O6S. The Hall–Kier alpha value is -2.27. The lowest BCUT2D eigenvalue weighted by Crippen LogP contribution is -2.43. The molecule has 0 spiro atoms. The number of benzene rings is 1. The molecule has 1 aromatic rings. The Labute approximate surface area is 166 Å². The summed E-state index contributed by atoms with van der Waals surface area (Å²) in [6.45, 7) is 3.47. The molecule has 0 saturated carbocycles. The van der Waals surface area contributed by atoms with Crippen molar-refractivity contribution in [3.8, 4) is 0 Å². The van der Waals surface area contributed by atoms with Gasteiger partial charge in [0.15, 0.2) is 0 Å². The van der Waals surface area contributed by atoms with E-state index in [4.69, 9.17) is 9.84 Å². The summed E-state index contributed by atoms with van der Waals surface area (Å²) < 4.78 is 5.30. The lowest BCUT2D eigenvalue weighted by molar-refractivity contribution is -0.384. The fourth-order valence-corrected chi connectivity index (χ4v) is 3.99. The fraction of sp³-hybridized carbons (Fsp3) is 0.444. The molecule has 2 amide bonds. The van der Waals surface area contributed by atoms with Crippen molar-refractivity contribution < 1.29 is 24.4 Å². The van der Waals surface area contributed by atoms with Gasteiger partial charge in [-0.3, -0.25) is 29.5 Å². The average Bonchev–Trinajstić information content (AvgIpc) is 2.95. The Morgan fingerprint density at radius 3 is 2.39 bits per heavy atom. The van der Waals surface area contributed by atoms with E-state index >= 15 is 0 Å². The topological polar surface area (TPSA) is 113 Å². The molecule has 1 aromatic carbocycles. The van der Waals surface area contributed by atoms with Crippen LogP contribution in [0.25, 0.3) is 5.57 Å². The molecule has 9 nitrogen and oxygen atoms in total. The Morgan fingerprint density at radius 1 is 1.11 bits per heavy atom. The Morgan fingerprint density at radius 2 is 1.79 bits per heavy atom. The first-order valence-corrected chi connectivity index (χ1v) is 9.90. The van der Waals surface area contributed by atoms with Gasteiger partial charge in [0.1, 0.15) is 0 Å². The smallest absolute Gasteiger partial charge is 0.269 e. The van der Waals surface area contributed by atoms with Crippen molar-refractivity contribution in [3.63, 3.8) is 0 Å². The summed E-state index contributed by atoms with van der Waals surface area (Å²) in [7, 11) is 0. The summed E-state index contributed by atoms with van der Waals surface area (Å²) in [5.74, 6) is -0.514. The van der Waals surface area contributed by atoms with Crippen molar-refractivity contribution >= 4 is 34.8 Å². The van der Waals surface area contributed by atoms with Gasteiger partial charge in [0, 0.05) is 44.1 Å². The number of nitro groups is 1. The van der Waals surface area contributed by atoms with E-state index in [2.05, 4.69) is 4.90 Å². The first kappa shape index (κ1) is 20.5. The summed E-state index contributed by atoms with van der Waals surface area (Å²) in [5, 5.41) is 20.0. The quantitative estimate of drug-likeness (QED) is 0.381. The molecule has 2 aliphatic rings. The number of ether oxygens (including phenoxy) is 1. The van der Waals surface area contributed by atoms with Crippen LogP contribution < -0.4 is 0 Å². The summed E-state index contributed by atoms with van der Waals surface area (Å²) in [6, 6.07) is 5.57. The molecule has 0 aliphatic carbocycles. The number of hydrogen-bond donors (Lipinski definition) is 1. The van der Waals surface area contributed by atoms with Gasteiger partial charge in [-0.05, 0) is 17.7 Å². The third kappa shape index (κ3) is 4.41. The molecule has 1 N–H and O–H groups in total. The average molecular weight is 407 g/mol. The number of rotatable bonds is 8. The number of morpholine rings is 1. The molecule has 0 atom stereocenters.